The van der Waals surface area contributed by atoms with Crippen LogP contribution >= 0.6 is 0 Å². The number of hydrogen-bond acceptors (Lipinski definition) is 2. The minimum atomic E-state index is -0.957. The fourth-order valence-corrected chi connectivity index (χ4v) is 2.50. The summed E-state index contributed by atoms with van der Waals surface area (Å²) in [5, 5.41) is 14.4. The number of nitrogens with one attached hydrogen (secondary N) is 2. The highest BCUT2D eigenvalue weighted by atomic mass is 16.4. The largest absolute Gasteiger partial charge is 0.480 e. The molecule has 2 amide bonds. The fraction of sp³-hybridized carbons (Fsp3) is 0.857. The summed E-state index contributed by atoms with van der Waals surface area (Å²) >= 11 is 0. The first-order chi connectivity index (χ1) is 9.13. The molecule has 0 bridgehead atoms. The van der Waals surface area contributed by atoms with Crippen molar-refractivity contribution in [3.8, 4) is 0 Å². The highest BCUT2D eigenvalue weighted by Crippen LogP contribution is 2.22. The summed E-state index contributed by atoms with van der Waals surface area (Å²) in [6.45, 7) is 2.66. The van der Waals surface area contributed by atoms with Gasteiger partial charge in [-0.1, -0.05) is 39.0 Å². The van der Waals surface area contributed by atoms with Crippen LogP contribution in [0.2, 0.25) is 0 Å². The molecular weight excluding hydrogens is 244 g/mol. The van der Waals surface area contributed by atoms with Crippen LogP contribution in [0.15, 0.2) is 0 Å². The van der Waals surface area contributed by atoms with Crippen molar-refractivity contribution in [2.75, 3.05) is 6.54 Å². The molecule has 1 aliphatic rings. The normalized spacial score (nSPS) is 17.7. The predicted octanol–water partition coefficient (Wildman–Crippen LogP) is 2.51. The highest BCUT2D eigenvalue weighted by molar-refractivity contribution is 5.82. The molecule has 1 atom stereocenters. The average molecular weight is 270 g/mol. The van der Waals surface area contributed by atoms with Crippen LogP contribution in [0.4, 0.5) is 4.79 Å². The highest BCUT2D eigenvalue weighted by Gasteiger charge is 2.20. The topological polar surface area (TPSA) is 78.4 Å². The molecule has 1 aliphatic carbocycles. The zero-order valence-corrected chi connectivity index (χ0v) is 11.8. The van der Waals surface area contributed by atoms with Crippen LogP contribution < -0.4 is 10.6 Å². The Morgan fingerprint density at radius 3 is 2.53 bits per heavy atom. The maximum Gasteiger partial charge on any atom is 0.326 e. The Morgan fingerprint density at radius 2 is 1.95 bits per heavy atom. The number of carbonyl (C=O) groups is 2. The second kappa shape index (κ2) is 8.77. The number of aliphatic carboxylic acids is 1. The first-order valence-electron chi connectivity index (χ1n) is 7.40. The molecule has 0 saturated heterocycles. The van der Waals surface area contributed by atoms with Gasteiger partial charge in [-0.15, -0.1) is 0 Å². The first kappa shape index (κ1) is 15.8. The van der Waals surface area contributed by atoms with Crippen molar-refractivity contribution in [3.63, 3.8) is 0 Å². The van der Waals surface area contributed by atoms with Crippen LogP contribution in [0.1, 0.15) is 58.3 Å². The quantitative estimate of drug-likeness (QED) is 0.665. The van der Waals surface area contributed by atoms with E-state index in [9.17, 15) is 9.59 Å². The van der Waals surface area contributed by atoms with Crippen LogP contribution in [0.3, 0.4) is 0 Å². The lowest BCUT2D eigenvalue weighted by Gasteiger charge is -2.22. The number of carbonyl (C=O) groups excluding carboxylic acids is 1. The fourth-order valence-electron chi connectivity index (χ4n) is 2.50. The van der Waals surface area contributed by atoms with Crippen molar-refractivity contribution in [2.24, 2.45) is 5.92 Å². The van der Waals surface area contributed by atoms with Crippen LogP contribution in [0.5, 0.6) is 0 Å². The molecule has 19 heavy (non-hydrogen) atoms. The maximum atomic E-state index is 11.7. The van der Waals surface area contributed by atoms with E-state index in [0.717, 1.165) is 12.8 Å². The van der Waals surface area contributed by atoms with Gasteiger partial charge in [0.1, 0.15) is 6.04 Å². The lowest BCUT2D eigenvalue weighted by atomic mass is 9.89. The molecule has 1 saturated carbocycles. The van der Waals surface area contributed by atoms with Gasteiger partial charge in [-0.25, -0.2) is 9.59 Å². The standard InChI is InChI=1S/C14H26N2O3/c1-2-3-9-12(13(17)18)16-14(19)15-10-11-7-5-4-6-8-11/h11-12H,2-10H2,1H3,(H,17,18)(H2,15,16,19)/t12-/m0/s1. The first-order valence-corrected chi connectivity index (χ1v) is 7.40. The number of carboxylic acids is 1. The molecule has 3 N–H and O–H groups in total. The van der Waals surface area contributed by atoms with Crippen molar-refractivity contribution in [1.82, 2.24) is 10.6 Å². The molecule has 0 aliphatic heterocycles. The molecular formula is C14H26N2O3. The van der Waals surface area contributed by atoms with Crippen molar-refractivity contribution >= 4 is 12.0 Å². The lowest BCUT2D eigenvalue weighted by Crippen LogP contribution is -2.47. The molecule has 0 spiro atoms. The second-order valence-corrected chi connectivity index (χ2v) is 5.39. The van der Waals surface area contributed by atoms with E-state index in [1.165, 1.54) is 32.1 Å². The van der Waals surface area contributed by atoms with Gasteiger partial charge in [0.15, 0.2) is 0 Å². The van der Waals surface area contributed by atoms with Gasteiger partial charge in [-0.3, -0.25) is 0 Å². The Balaban J connectivity index is 2.25. The van der Waals surface area contributed by atoms with E-state index in [0.29, 0.717) is 18.9 Å². The average Bonchev–Trinajstić information content (AvgIpc) is 2.42. The molecule has 1 fully saturated rings. The van der Waals surface area contributed by atoms with Gasteiger partial charge in [0, 0.05) is 6.54 Å². The monoisotopic (exact) mass is 270 g/mol. The summed E-state index contributed by atoms with van der Waals surface area (Å²) in [6.07, 6.45) is 8.32. The Kier molecular flexibility index (Phi) is 7.30. The minimum Gasteiger partial charge on any atom is -0.480 e. The van der Waals surface area contributed by atoms with Crippen LogP contribution in [0.25, 0.3) is 0 Å². The summed E-state index contributed by atoms with van der Waals surface area (Å²) in [6, 6.07) is -1.12. The Hall–Kier alpha value is -1.26. The molecule has 0 aromatic heterocycles. The van der Waals surface area contributed by atoms with E-state index in [-0.39, 0.29) is 6.03 Å². The molecule has 1 rings (SSSR count). The Morgan fingerprint density at radius 1 is 1.26 bits per heavy atom. The zero-order valence-electron chi connectivity index (χ0n) is 11.8. The maximum absolute atomic E-state index is 11.7. The number of urea groups is 1. The van der Waals surface area contributed by atoms with E-state index >= 15 is 0 Å². The Bertz CT molecular complexity index is 288. The van der Waals surface area contributed by atoms with Crippen molar-refractivity contribution in [2.45, 2.75) is 64.3 Å². The molecule has 5 nitrogen and oxygen atoms in total. The van der Waals surface area contributed by atoms with Crippen molar-refractivity contribution in [3.05, 3.63) is 0 Å². The molecule has 110 valence electrons. The van der Waals surface area contributed by atoms with Gasteiger partial charge in [0.2, 0.25) is 0 Å². The summed E-state index contributed by atoms with van der Waals surface area (Å²) < 4.78 is 0. The minimum absolute atomic E-state index is 0.353. The van der Waals surface area contributed by atoms with Crippen LogP contribution in [0, 0.1) is 5.92 Å². The number of amides is 2. The molecule has 0 radical (unpaired) electrons. The summed E-state index contributed by atoms with van der Waals surface area (Å²) in [7, 11) is 0. The third-order valence-electron chi connectivity index (χ3n) is 3.73. The van der Waals surface area contributed by atoms with Crippen LogP contribution in [-0.2, 0) is 4.79 Å². The van der Waals surface area contributed by atoms with Crippen molar-refractivity contribution in [1.29, 1.82) is 0 Å². The second-order valence-electron chi connectivity index (χ2n) is 5.39. The van der Waals surface area contributed by atoms with Gasteiger partial charge in [0.25, 0.3) is 0 Å². The molecule has 0 aromatic rings. The molecule has 0 unspecified atom stereocenters. The van der Waals surface area contributed by atoms with E-state index in [2.05, 4.69) is 10.6 Å². The van der Waals surface area contributed by atoms with E-state index < -0.39 is 12.0 Å². The smallest absolute Gasteiger partial charge is 0.326 e. The van der Waals surface area contributed by atoms with Crippen LogP contribution in [-0.4, -0.2) is 29.7 Å². The Labute approximate surface area is 115 Å². The number of unbranched alkanes of at least 4 members (excludes halogenated alkanes) is 1. The van der Waals surface area contributed by atoms with E-state index in [4.69, 9.17) is 5.11 Å². The van der Waals surface area contributed by atoms with Gasteiger partial charge in [-0.05, 0) is 25.2 Å². The lowest BCUT2D eigenvalue weighted by molar-refractivity contribution is -0.139. The van der Waals surface area contributed by atoms with Gasteiger partial charge < -0.3 is 15.7 Å². The third kappa shape index (κ3) is 6.45. The van der Waals surface area contributed by atoms with Gasteiger partial charge in [-0.2, -0.15) is 0 Å². The SMILES string of the molecule is CCCC[C@H](NC(=O)NCC1CCCCC1)C(=O)O. The van der Waals surface area contributed by atoms with Gasteiger partial charge >= 0.3 is 12.0 Å². The molecule has 0 heterocycles. The summed E-state index contributed by atoms with van der Waals surface area (Å²) in [4.78, 5) is 22.7. The number of rotatable bonds is 7. The number of hydrogen-bond donors (Lipinski definition) is 3. The third-order valence-corrected chi connectivity index (χ3v) is 3.73. The van der Waals surface area contributed by atoms with Crippen molar-refractivity contribution < 1.29 is 14.7 Å². The molecule has 5 heteroatoms. The van der Waals surface area contributed by atoms with E-state index in [1.807, 2.05) is 6.92 Å². The number of carboxylic acid groups (broad SMARTS) is 1. The predicted molar refractivity (Wildman–Crippen MR) is 74.1 cm³/mol. The van der Waals surface area contributed by atoms with E-state index in [1.54, 1.807) is 0 Å². The summed E-state index contributed by atoms with van der Waals surface area (Å²) in [5.74, 6) is -0.403. The molecule has 0 aromatic carbocycles. The summed E-state index contributed by atoms with van der Waals surface area (Å²) in [5.41, 5.74) is 0. The van der Waals surface area contributed by atoms with Gasteiger partial charge in [0.05, 0.1) is 0 Å². The zero-order chi connectivity index (χ0) is 14.1.